The Bertz CT molecular complexity index is 134. The van der Waals surface area contributed by atoms with Crippen LogP contribution in [0.5, 0.6) is 0 Å². The Hall–Kier alpha value is -0.160. The first-order chi connectivity index (χ1) is 5.34. The second-order valence-electron chi connectivity index (χ2n) is 3.15. The van der Waals surface area contributed by atoms with Gasteiger partial charge < -0.3 is 9.47 Å². The van der Waals surface area contributed by atoms with Gasteiger partial charge in [-0.25, -0.2) is 5.01 Å². The monoisotopic (exact) mass is 158 g/mol. The standard InChI is InChI=1S/C7H14N2O2/c1-9(3-7-5-11-7)8-2-6-4-10-6/h6-8H,2-5H2,1H3. The summed E-state index contributed by atoms with van der Waals surface area (Å²) in [7, 11) is 2.03. The summed E-state index contributed by atoms with van der Waals surface area (Å²) in [6.45, 7) is 3.75. The molecule has 2 fully saturated rings. The van der Waals surface area contributed by atoms with Crippen molar-refractivity contribution in [1.82, 2.24) is 10.4 Å². The van der Waals surface area contributed by atoms with Gasteiger partial charge in [0.1, 0.15) is 0 Å². The molecule has 0 bridgehead atoms. The first kappa shape index (κ1) is 7.49. The topological polar surface area (TPSA) is 40.3 Å². The van der Waals surface area contributed by atoms with Crippen molar-refractivity contribution >= 4 is 0 Å². The maximum atomic E-state index is 5.09. The molecular formula is C7H14N2O2. The van der Waals surface area contributed by atoms with Gasteiger partial charge >= 0.3 is 0 Å². The van der Waals surface area contributed by atoms with Crippen LogP contribution in [-0.2, 0) is 9.47 Å². The molecule has 0 spiro atoms. The number of likely N-dealkylation sites (N-methyl/N-ethyl adjacent to an activating group) is 1. The van der Waals surface area contributed by atoms with E-state index >= 15 is 0 Å². The Morgan fingerprint density at radius 2 is 2.00 bits per heavy atom. The van der Waals surface area contributed by atoms with Crippen LogP contribution in [0, 0.1) is 0 Å². The maximum Gasteiger partial charge on any atom is 0.0950 e. The number of nitrogens with zero attached hydrogens (tertiary/aromatic N) is 1. The zero-order valence-corrected chi connectivity index (χ0v) is 6.75. The second-order valence-corrected chi connectivity index (χ2v) is 3.15. The van der Waals surface area contributed by atoms with E-state index in [1.165, 1.54) is 0 Å². The lowest BCUT2D eigenvalue weighted by atomic mass is 10.4. The molecule has 64 valence electrons. The fourth-order valence-electron chi connectivity index (χ4n) is 0.987. The highest BCUT2D eigenvalue weighted by molar-refractivity contribution is 4.74. The third kappa shape index (κ3) is 2.75. The van der Waals surface area contributed by atoms with Crippen LogP contribution >= 0.6 is 0 Å². The molecule has 2 unspecified atom stereocenters. The number of hydrogen-bond acceptors (Lipinski definition) is 4. The lowest BCUT2D eigenvalue weighted by Crippen LogP contribution is -2.39. The van der Waals surface area contributed by atoms with E-state index in [4.69, 9.17) is 9.47 Å². The number of hydrogen-bond donors (Lipinski definition) is 1. The van der Waals surface area contributed by atoms with Gasteiger partial charge in [-0.2, -0.15) is 0 Å². The van der Waals surface area contributed by atoms with Gasteiger partial charge in [-0.15, -0.1) is 0 Å². The number of nitrogens with one attached hydrogen (secondary N) is 1. The lowest BCUT2D eigenvalue weighted by Gasteiger charge is -2.15. The van der Waals surface area contributed by atoms with Crippen LogP contribution in [0.2, 0.25) is 0 Å². The van der Waals surface area contributed by atoms with E-state index in [1.54, 1.807) is 0 Å². The molecule has 0 aromatic carbocycles. The molecule has 2 heterocycles. The minimum Gasteiger partial charge on any atom is -0.372 e. The Kier molecular flexibility index (Phi) is 2.09. The van der Waals surface area contributed by atoms with Gasteiger partial charge in [0, 0.05) is 20.1 Å². The second kappa shape index (κ2) is 3.06. The Morgan fingerprint density at radius 3 is 2.55 bits per heavy atom. The highest BCUT2D eigenvalue weighted by Crippen LogP contribution is 2.09. The SMILES string of the molecule is CN(CC1CO1)NCC1CO1. The molecule has 0 amide bonds. The van der Waals surface area contributed by atoms with E-state index in [9.17, 15) is 0 Å². The summed E-state index contributed by atoms with van der Waals surface area (Å²) in [5.41, 5.74) is 3.24. The molecular weight excluding hydrogens is 144 g/mol. The predicted octanol–water partition coefficient (Wildman–Crippen LogP) is -0.780. The highest BCUT2D eigenvalue weighted by Gasteiger charge is 2.26. The normalized spacial score (nSPS) is 34.4. The number of ether oxygens (including phenoxy) is 2. The smallest absolute Gasteiger partial charge is 0.0950 e. The lowest BCUT2D eigenvalue weighted by molar-refractivity contribution is 0.201. The highest BCUT2D eigenvalue weighted by atomic mass is 16.6. The largest absolute Gasteiger partial charge is 0.372 e. The summed E-state index contributed by atoms with van der Waals surface area (Å²) in [6, 6.07) is 0. The molecule has 11 heavy (non-hydrogen) atoms. The maximum absolute atomic E-state index is 5.09. The van der Waals surface area contributed by atoms with E-state index in [2.05, 4.69) is 10.4 Å². The molecule has 0 aromatic heterocycles. The van der Waals surface area contributed by atoms with E-state index in [-0.39, 0.29) is 0 Å². The minimum atomic E-state index is 0.456. The van der Waals surface area contributed by atoms with Gasteiger partial charge in [0.2, 0.25) is 0 Å². The summed E-state index contributed by atoms with van der Waals surface area (Å²) in [4.78, 5) is 0. The van der Waals surface area contributed by atoms with Gasteiger partial charge in [-0.3, -0.25) is 5.43 Å². The zero-order chi connectivity index (χ0) is 7.68. The van der Waals surface area contributed by atoms with Crippen LogP contribution in [0.15, 0.2) is 0 Å². The third-order valence-electron chi connectivity index (χ3n) is 1.87. The van der Waals surface area contributed by atoms with Gasteiger partial charge in [0.05, 0.1) is 25.4 Å². The van der Waals surface area contributed by atoms with Crippen molar-refractivity contribution in [3.8, 4) is 0 Å². The average molecular weight is 158 g/mol. The van der Waals surface area contributed by atoms with Crippen molar-refractivity contribution in [1.29, 1.82) is 0 Å². The van der Waals surface area contributed by atoms with Crippen LogP contribution in [0.1, 0.15) is 0 Å². The molecule has 2 saturated heterocycles. The first-order valence-electron chi connectivity index (χ1n) is 4.02. The molecule has 2 aliphatic heterocycles. The van der Waals surface area contributed by atoms with Crippen LogP contribution < -0.4 is 5.43 Å². The molecule has 0 aromatic rings. The first-order valence-corrected chi connectivity index (χ1v) is 4.02. The fourth-order valence-corrected chi connectivity index (χ4v) is 0.987. The molecule has 4 heteroatoms. The summed E-state index contributed by atoms with van der Waals surface area (Å²) in [5.74, 6) is 0. The van der Waals surface area contributed by atoms with Gasteiger partial charge in [-0.05, 0) is 0 Å². The summed E-state index contributed by atoms with van der Waals surface area (Å²) < 4.78 is 10.1. The Morgan fingerprint density at radius 1 is 1.36 bits per heavy atom. The molecule has 2 atom stereocenters. The van der Waals surface area contributed by atoms with Gasteiger partial charge in [0.25, 0.3) is 0 Å². The third-order valence-corrected chi connectivity index (χ3v) is 1.87. The van der Waals surface area contributed by atoms with E-state index in [1.807, 2.05) is 7.05 Å². The Labute approximate surface area is 66.4 Å². The van der Waals surface area contributed by atoms with Crippen LogP contribution in [0.25, 0.3) is 0 Å². The van der Waals surface area contributed by atoms with Crippen molar-refractivity contribution < 1.29 is 9.47 Å². The van der Waals surface area contributed by atoms with E-state index in [0.29, 0.717) is 12.2 Å². The summed E-state index contributed by atoms with van der Waals surface area (Å²) in [6.07, 6.45) is 0.921. The van der Waals surface area contributed by atoms with Crippen LogP contribution in [0.4, 0.5) is 0 Å². The Balaban J connectivity index is 1.52. The van der Waals surface area contributed by atoms with E-state index < -0.39 is 0 Å². The van der Waals surface area contributed by atoms with Crippen molar-refractivity contribution in [3.05, 3.63) is 0 Å². The van der Waals surface area contributed by atoms with Crippen molar-refractivity contribution in [2.45, 2.75) is 12.2 Å². The predicted molar refractivity (Wildman–Crippen MR) is 40.1 cm³/mol. The van der Waals surface area contributed by atoms with Gasteiger partial charge in [0.15, 0.2) is 0 Å². The molecule has 2 rings (SSSR count). The average Bonchev–Trinajstić information content (AvgIpc) is 2.80. The fraction of sp³-hybridized carbons (Fsp3) is 1.00. The van der Waals surface area contributed by atoms with Gasteiger partial charge in [-0.1, -0.05) is 0 Å². The molecule has 2 aliphatic rings. The minimum absolute atomic E-state index is 0.456. The zero-order valence-electron chi connectivity index (χ0n) is 6.75. The van der Waals surface area contributed by atoms with Crippen LogP contribution in [0.3, 0.4) is 0 Å². The van der Waals surface area contributed by atoms with Crippen molar-refractivity contribution in [2.75, 3.05) is 33.4 Å². The molecule has 4 nitrogen and oxygen atoms in total. The van der Waals surface area contributed by atoms with Crippen LogP contribution in [-0.4, -0.2) is 50.6 Å². The molecule has 0 saturated carbocycles. The number of epoxide rings is 2. The molecule has 0 radical (unpaired) electrons. The summed E-state index contributed by atoms with van der Waals surface area (Å²) >= 11 is 0. The van der Waals surface area contributed by atoms with Crippen molar-refractivity contribution in [2.24, 2.45) is 0 Å². The van der Waals surface area contributed by atoms with E-state index in [0.717, 1.165) is 26.3 Å². The molecule has 1 N–H and O–H groups in total. The van der Waals surface area contributed by atoms with Crippen molar-refractivity contribution in [3.63, 3.8) is 0 Å². The number of hydrazine groups is 1. The summed E-state index contributed by atoms with van der Waals surface area (Å²) in [5, 5.41) is 2.07. The number of rotatable bonds is 5. The quantitative estimate of drug-likeness (QED) is 0.421. The molecule has 0 aliphatic carbocycles.